The van der Waals surface area contributed by atoms with Crippen LogP contribution in [0.25, 0.3) is 0 Å². The van der Waals surface area contributed by atoms with Crippen molar-refractivity contribution in [1.82, 2.24) is 5.32 Å². The highest BCUT2D eigenvalue weighted by atomic mass is 35.5. The normalized spacial score (nSPS) is 10.6. The van der Waals surface area contributed by atoms with Crippen LogP contribution >= 0.6 is 22.9 Å². The van der Waals surface area contributed by atoms with E-state index >= 15 is 0 Å². The lowest BCUT2D eigenvalue weighted by Gasteiger charge is -2.05. The third kappa shape index (κ3) is 3.76. The second-order valence-corrected chi connectivity index (χ2v) is 5.95. The summed E-state index contributed by atoms with van der Waals surface area (Å²) in [5, 5.41) is 14.5. The Labute approximate surface area is 120 Å². The molecule has 1 heterocycles. The van der Waals surface area contributed by atoms with Gasteiger partial charge in [-0.3, -0.25) is 10.1 Å². The molecule has 0 aliphatic carbocycles. The fourth-order valence-corrected chi connectivity index (χ4v) is 2.78. The van der Waals surface area contributed by atoms with Crippen LogP contribution in [0.15, 0.2) is 30.3 Å². The Hall–Kier alpha value is -1.43. The van der Waals surface area contributed by atoms with Crippen LogP contribution in [0.3, 0.4) is 0 Å². The molecule has 0 saturated heterocycles. The molecule has 0 aliphatic heterocycles. The average molecular weight is 297 g/mol. The third-order valence-electron chi connectivity index (χ3n) is 2.65. The van der Waals surface area contributed by atoms with Gasteiger partial charge in [-0.25, -0.2) is 0 Å². The molecule has 0 spiro atoms. The van der Waals surface area contributed by atoms with E-state index in [0.717, 1.165) is 0 Å². The average Bonchev–Trinajstić information content (AvgIpc) is 2.77. The number of nitrogens with zero attached hydrogens (tertiary/aromatic N) is 1. The highest BCUT2D eigenvalue weighted by Gasteiger charge is 2.13. The second kappa shape index (κ2) is 6.14. The number of thiophene rings is 1. The number of benzene rings is 1. The number of rotatable bonds is 5. The fourth-order valence-electron chi connectivity index (χ4n) is 1.76. The summed E-state index contributed by atoms with van der Waals surface area (Å²) < 4.78 is 0. The van der Waals surface area contributed by atoms with E-state index in [0.29, 0.717) is 23.7 Å². The molecule has 0 fully saturated rings. The van der Waals surface area contributed by atoms with E-state index in [-0.39, 0.29) is 5.69 Å². The zero-order valence-corrected chi connectivity index (χ0v) is 11.9. The molecule has 2 aromatic rings. The smallest absolute Gasteiger partial charge is 0.275 e. The molecule has 0 aliphatic rings. The Morgan fingerprint density at radius 2 is 2.11 bits per heavy atom. The number of nitrogens with one attached hydrogen (secondary N) is 1. The van der Waals surface area contributed by atoms with Gasteiger partial charge in [-0.05, 0) is 31.2 Å². The zero-order valence-electron chi connectivity index (χ0n) is 10.4. The standard InChI is InChI=1S/C13H13ClN2O2S/c1-9-2-5-12(19-9)8-15-7-10-3-4-11(14)6-13(10)16(17)18/h2-6,15H,7-8H2,1H3. The van der Waals surface area contributed by atoms with Gasteiger partial charge >= 0.3 is 0 Å². The van der Waals surface area contributed by atoms with Gasteiger partial charge in [0.05, 0.1) is 4.92 Å². The minimum absolute atomic E-state index is 0.0577. The number of halogens is 1. The summed E-state index contributed by atoms with van der Waals surface area (Å²) >= 11 is 7.49. The molecule has 0 atom stereocenters. The summed E-state index contributed by atoms with van der Waals surface area (Å²) in [5.74, 6) is 0. The number of nitro benzene ring substituents is 1. The second-order valence-electron chi connectivity index (χ2n) is 4.15. The summed E-state index contributed by atoms with van der Waals surface area (Å²) in [7, 11) is 0. The van der Waals surface area contributed by atoms with Gasteiger partial charge in [0.25, 0.3) is 5.69 Å². The molecule has 1 aromatic carbocycles. The summed E-state index contributed by atoms with van der Waals surface area (Å²) in [6.07, 6.45) is 0. The summed E-state index contributed by atoms with van der Waals surface area (Å²) in [4.78, 5) is 13.0. The number of nitro groups is 1. The lowest BCUT2D eigenvalue weighted by Crippen LogP contribution is -2.13. The molecule has 0 saturated carbocycles. The van der Waals surface area contributed by atoms with Crippen molar-refractivity contribution in [2.75, 3.05) is 0 Å². The molecule has 1 aromatic heterocycles. The van der Waals surface area contributed by atoms with Gasteiger partial charge in [-0.15, -0.1) is 11.3 Å². The van der Waals surface area contributed by atoms with Crippen molar-refractivity contribution in [1.29, 1.82) is 0 Å². The van der Waals surface area contributed by atoms with Crippen LogP contribution in [-0.4, -0.2) is 4.92 Å². The van der Waals surface area contributed by atoms with Crippen molar-refractivity contribution in [3.63, 3.8) is 0 Å². The Morgan fingerprint density at radius 3 is 2.74 bits per heavy atom. The van der Waals surface area contributed by atoms with Gasteiger partial charge < -0.3 is 5.32 Å². The molecule has 6 heteroatoms. The van der Waals surface area contributed by atoms with Crippen LogP contribution < -0.4 is 5.32 Å². The fraction of sp³-hybridized carbons (Fsp3) is 0.231. The van der Waals surface area contributed by atoms with Crippen LogP contribution in [0.4, 0.5) is 5.69 Å². The Morgan fingerprint density at radius 1 is 1.32 bits per heavy atom. The molecule has 100 valence electrons. The summed E-state index contributed by atoms with van der Waals surface area (Å²) in [6.45, 7) is 3.21. The Balaban J connectivity index is 2.01. The van der Waals surface area contributed by atoms with E-state index < -0.39 is 4.92 Å². The molecule has 2 rings (SSSR count). The Kier molecular flexibility index (Phi) is 4.52. The van der Waals surface area contributed by atoms with Gasteiger partial charge in [0.2, 0.25) is 0 Å². The van der Waals surface area contributed by atoms with Crippen LogP contribution in [0.5, 0.6) is 0 Å². The molecule has 4 nitrogen and oxygen atoms in total. The molecular weight excluding hydrogens is 284 g/mol. The highest BCUT2D eigenvalue weighted by Crippen LogP contribution is 2.23. The predicted octanol–water partition coefficient (Wildman–Crippen LogP) is 3.91. The van der Waals surface area contributed by atoms with Crippen LogP contribution in [0.1, 0.15) is 15.3 Å². The maximum atomic E-state index is 10.9. The van der Waals surface area contributed by atoms with Crippen molar-refractivity contribution in [2.24, 2.45) is 0 Å². The van der Waals surface area contributed by atoms with E-state index in [1.54, 1.807) is 23.5 Å². The molecule has 0 bridgehead atoms. The minimum Gasteiger partial charge on any atom is -0.308 e. The Bertz CT molecular complexity index is 598. The number of aryl methyl sites for hydroxylation is 1. The summed E-state index contributed by atoms with van der Waals surface area (Å²) in [6, 6.07) is 8.86. The molecule has 1 N–H and O–H groups in total. The van der Waals surface area contributed by atoms with E-state index in [2.05, 4.69) is 24.4 Å². The minimum atomic E-state index is -0.405. The third-order valence-corrected chi connectivity index (χ3v) is 3.89. The van der Waals surface area contributed by atoms with Gasteiger partial charge in [-0.2, -0.15) is 0 Å². The topological polar surface area (TPSA) is 55.2 Å². The van der Waals surface area contributed by atoms with Crippen molar-refractivity contribution >= 4 is 28.6 Å². The largest absolute Gasteiger partial charge is 0.308 e. The monoisotopic (exact) mass is 296 g/mol. The van der Waals surface area contributed by atoms with Crippen molar-refractivity contribution in [2.45, 2.75) is 20.0 Å². The van der Waals surface area contributed by atoms with E-state index in [9.17, 15) is 10.1 Å². The molecule has 19 heavy (non-hydrogen) atoms. The maximum absolute atomic E-state index is 10.9. The first-order chi connectivity index (χ1) is 9.06. The van der Waals surface area contributed by atoms with Crippen LogP contribution in [0, 0.1) is 17.0 Å². The van der Waals surface area contributed by atoms with Crippen molar-refractivity contribution in [3.05, 3.63) is 60.8 Å². The number of hydrogen-bond acceptors (Lipinski definition) is 4. The van der Waals surface area contributed by atoms with E-state index in [4.69, 9.17) is 11.6 Å². The van der Waals surface area contributed by atoms with E-state index in [1.807, 2.05) is 0 Å². The molecular formula is C13H13ClN2O2S. The van der Waals surface area contributed by atoms with Crippen molar-refractivity contribution in [3.8, 4) is 0 Å². The molecule has 0 amide bonds. The van der Waals surface area contributed by atoms with E-state index in [1.165, 1.54) is 15.8 Å². The first kappa shape index (κ1) is 14.0. The quantitative estimate of drug-likeness (QED) is 0.672. The lowest BCUT2D eigenvalue weighted by atomic mass is 10.2. The lowest BCUT2D eigenvalue weighted by molar-refractivity contribution is -0.385. The first-order valence-corrected chi connectivity index (χ1v) is 6.94. The van der Waals surface area contributed by atoms with Crippen LogP contribution in [-0.2, 0) is 13.1 Å². The molecule has 0 unspecified atom stereocenters. The SMILES string of the molecule is Cc1ccc(CNCc2ccc(Cl)cc2[N+](=O)[O-])s1. The zero-order chi connectivity index (χ0) is 13.8. The summed E-state index contributed by atoms with van der Waals surface area (Å²) in [5.41, 5.74) is 0.699. The van der Waals surface area contributed by atoms with Gasteiger partial charge in [0, 0.05) is 39.5 Å². The van der Waals surface area contributed by atoms with Crippen LogP contribution in [0.2, 0.25) is 5.02 Å². The highest BCUT2D eigenvalue weighted by molar-refractivity contribution is 7.11. The predicted molar refractivity (Wildman–Crippen MR) is 77.7 cm³/mol. The van der Waals surface area contributed by atoms with Gasteiger partial charge in [0.1, 0.15) is 0 Å². The molecule has 0 radical (unpaired) electrons. The maximum Gasteiger partial charge on any atom is 0.275 e. The first-order valence-electron chi connectivity index (χ1n) is 5.75. The number of hydrogen-bond donors (Lipinski definition) is 1. The van der Waals surface area contributed by atoms with Gasteiger partial charge in [0.15, 0.2) is 0 Å². The van der Waals surface area contributed by atoms with Gasteiger partial charge in [-0.1, -0.05) is 11.6 Å². The van der Waals surface area contributed by atoms with Crippen molar-refractivity contribution < 1.29 is 4.92 Å².